The number of nitrogens with two attached hydrogens (primary N) is 1. The number of rotatable bonds is 2. The lowest BCUT2D eigenvalue weighted by atomic mass is 10.0. The van der Waals surface area contributed by atoms with Crippen LogP contribution in [0.15, 0.2) is 12.1 Å². The standard InChI is InChI=1S/C9H11I2NO2.ClH/c1-4(13)8(12)5-2-6(10)9(14)7(11)3-5;/h2-4,8,13-14H,12H2,1H3;1H/t4-,8-;/m0./s1. The van der Waals surface area contributed by atoms with Crippen LogP contribution in [0.5, 0.6) is 5.75 Å². The van der Waals surface area contributed by atoms with Gasteiger partial charge in [-0.2, -0.15) is 0 Å². The van der Waals surface area contributed by atoms with Crippen LogP contribution in [0.25, 0.3) is 0 Å². The molecule has 0 saturated heterocycles. The first-order valence-electron chi connectivity index (χ1n) is 4.05. The lowest BCUT2D eigenvalue weighted by molar-refractivity contribution is 0.164. The van der Waals surface area contributed by atoms with E-state index in [0.717, 1.165) is 12.7 Å². The Bertz CT molecular complexity index is 324. The smallest absolute Gasteiger partial charge is 0.142 e. The van der Waals surface area contributed by atoms with Crippen molar-refractivity contribution in [3.8, 4) is 5.75 Å². The molecule has 0 bridgehead atoms. The molecule has 1 rings (SSSR count). The maximum absolute atomic E-state index is 9.53. The van der Waals surface area contributed by atoms with Gasteiger partial charge >= 0.3 is 0 Å². The highest BCUT2D eigenvalue weighted by Gasteiger charge is 2.15. The second-order valence-corrected chi connectivity index (χ2v) is 5.42. The molecular formula is C9H12ClI2NO2. The number of aliphatic hydroxyl groups is 1. The number of hydrogen-bond acceptors (Lipinski definition) is 3. The fraction of sp³-hybridized carbons (Fsp3) is 0.333. The summed E-state index contributed by atoms with van der Waals surface area (Å²) in [6.45, 7) is 1.65. The van der Waals surface area contributed by atoms with Crippen LogP contribution < -0.4 is 5.73 Å². The number of hydrogen-bond donors (Lipinski definition) is 3. The van der Waals surface area contributed by atoms with Crippen LogP contribution >= 0.6 is 57.6 Å². The van der Waals surface area contributed by atoms with Crippen LogP contribution in [-0.4, -0.2) is 16.3 Å². The summed E-state index contributed by atoms with van der Waals surface area (Å²) in [4.78, 5) is 0. The van der Waals surface area contributed by atoms with E-state index in [1.54, 1.807) is 19.1 Å². The van der Waals surface area contributed by atoms with Crippen molar-refractivity contribution in [2.75, 3.05) is 0 Å². The van der Waals surface area contributed by atoms with Gasteiger partial charge in [0, 0.05) is 0 Å². The first kappa shape index (κ1) is 15.7. The first-order valence-corrected chi connectivity index (χ1v) is 6.20. The van der Waals surface area contributed by atoms with E-state index in [9.17, 15) is 10.2 Å². The van der Waals surface area contributed by atoms with Crippen molar-refractivity contribution in [3.05, 3.63) is 24.8 Å². The number of aliphatic hydroxyl groups excluding tert-OH is 1. The molecule has 0 aliphatic heterocycles. The predicted molar refractivity (Wildman–Crippen MR) is 79.4 cm³/mol. The highest BCUT2D eigenvalue weighted by molar-refractivity contribution is 14.1. The Hall–Kier alpha value is 0.690. The average molecular weight is 455 g/mol. The Morgan fingerprint density at radius 1 is 1.27 bits per heavy atom. The Labute approximate surface area is 122 Å². The molecule has 0 heterocycles. The van der Waals surface area contributed by atoms with Gasteiger partial charge in [-0.25, -0.2) is 0 Å². The van der Waals surface area contributed by atoms with Crippen molar-refractivity contribution in [2.45, 2.75) is 19.1 Å². The van der Waals surface area contributed by atoms with Crippen LogP contribution in [0.4, 0.5) is 0 Å². The summed E-state index contributed by atoms with van der Waals surface area (Å²) >= 11 is 4.08. The highest BCUT2D eigenvalue weighted by Crippen LogP contribution is 2.29. The van der Waals surface area contributed by atoms with Crippen molar-refractivity contribution in [2.24, 2.45) is 5.73 Å². The third kappa shape index (κ3) is 3.88. The molecule has 15 heavy (non-hydrogen) atoms. The summed E-state index contributed by atoms with van der Waals surface area (Å²) in [6.07, 6.45) is -0.592. The van der Waals surface area contributed by atoms with E-state index in [0.29, 0.717) is 0 Å². The van der Waals surface area contributed by atoms with Crippen molar-refractivity contribution in [3.63, 3.8) is 0 Å². The molecule has 0 amide bonds. The minimum atomic E-state index is -0.592. The molecular weight excluding hydrogens is 443 g/mol. The summed E-state index contributed by atoms with van der Waals surface area (Å²) < 4.78 is 1.50. The summed E-state index contributed by atoms with van der Waals surface area (Å²) in [5, 5.41) is 18.9. The molecule has 3 nitrogen and oxygen atoms in total. The third-order valence-electron chi connectivity index (χ3n) is 1.94. The molecule has 1 aromatic carbocycles. The molecule has 0 unspecified atom stereocenters. The molecule has 1 aromatic rings. The van der Waals surface area contributed by atoms with Crippen LogP contribution in [0.3, 0.4) is 0 Å². The van der Waals surface area contributed by atoms with Gasteiger partial charge in [0.1, 0.15) is 5.75 Å². The third-order valence-corrected chi connectivity index (χ3v) is 3.59. The van der Waals surface area contributed by atoms with Crippen molar-refractivity contribution >= 4 is 57.6 Å². The molecule has 0 spiro atoms. The number of halogens is 3. The highest BCUT2D eigenvalue weighted by atomic mass is 127. The molecule has 0 aromatic heterocycles. The van der Waals surface area contributed by atoms with Gasteiger partial charge in [0.2, 0.25) is 0 Å². The molecule has 4 N–H and O–H groups in total. The predicted octanol–water partition coefficient (Wildman–Crippen LogP) is 2.40. The fourth-order valence-electron chi connectivity index (χ4n) is 1.06. The van der Waals surface area contributed by atoms with E-state index in [1.807, 2.05) is 45.2 Å². The van der Waals surface area contributed by atoms with Gasteiger partial charge in [-0.15, -0.1) is 12.4 Å². The Kier molecular flexibility index (Phi) is 6.73. The lowest BCUT2D eigenvalue weighted by Gasteiger charge is -2.16. The molecule has 0 radical (unpaired) electrons. The maximum atomic E-state index is 9.53. The number of aromatic hydroxyl groups is 1. The summed E-state index contributed by atoms with van der Waals surface area (Å²) in [7, 11) is 0. The minimum Gasteiger partial charge on any atom is -0.506 e. The molecule has 0 aliphatic carbocycles. The normalized spacial score (nSPS) is 14.2. The van der Waals surface area contributed by atoms with Crippen LogP contribution in [0.1, 0.15) is 18.5 Å². The summed E-state index contributed by atoms with van der Waals surface area (Å²) in [5.74, 6) is 0.271. The lowest BCUT2D eigenvalue weighted by Crippen LogP contribution is -2.23. The molecule has 2 atom stereocenters. The Balaban J connectivity index is 0.00000196. The van der Waals surface area contributed by atoms with E-state index in [2.05, 4.69) is 0 Å². The molecule has 0 aliphatic rings. The SMILES string of the molecule is C[C@H](O)[C@H](N)c1cc(I)c(O)c(I)c1.Cl. The minimum absolute atomic E-state index is 0. The Morgan fingerprint density at radius 3 is 2.00 bits per heavy atom. The second kappa shape index (κ2) is 6.43. The van der Waals surface area contributed by atoms with Gasteiger partial charge in [0.25, 0.3) is 0 Å². The van der Waals surface area contributed by atoms with Crippen molar-refractivity contribution in [1.29, 1.82) is 0 Å². The van der Waals surface area contributed by atoms with Crippen molar-refractivity contribution in [1.82, 2.24) is 0 Å². The number of benzene rings is 1. The first-order chi connectivity index (χ1) is 6.43. The van der Waals surface area contributed by atoms with E-state index >= 15 is 0 Å². The second-order valence-electron chi connectivity index (χ2n) is 3.10. The Morgan fingerprint density at radius 2 is 1.67 bits per heavy atom. The van der Waals surface area contributed by atoms with E-state index in [4.69, 9.17) is 5.73 Å². The van der Waals surface area contributed by atoms with E-state index < -0.39 is 12.1 Å². The van der Waals surface area contributed by atoms with Crippen LogP contribution in [-0.2, 0) is 0 Å². The molecule has 86 valence electrons. The van der Waals surface area contributed by atoms with Crippen LogP contribution in [0, 0.1) is 7.14 Å². The number of phenols is 1. The van der Waals surface area contributed by atoms with Crippen LogP contribution in [0.2, 0.25) is 0 Å². The number of phenolic OH excluding ortho intramolecular Hbond substituents is 1. The van der Waals surface area contributed by atoms with Gasteiger partial charge in [-0.1, -0.05) is 0 Å². The summed E-state index contributed by atoms with van der Waals surface area (Å²) in [5.41, 5.74) is 6.63. The zero-order valence-electron chi connectivity index (χ0n) is 7.95. The zero-order valence-corrected chi connectivity index (χ0v) is 13.1. The topological polar surface area (TPSA) is 66.5 Å². The van der Waals surface area contributed by atoms with Crippen molar-refractivity contribution < 1.29 is 10.2 Å². The molecule has 0 saturated carbocycles. The van der Waals surface area contributed by atoms with Gasteiger partial charge in [0.05, 0.1) is 19.3 Å². The van der Waals surface area contributed by atoms with E-state index in [-0.39, 0.29) is 18.2 Å². The maximum Gasteiger partial charge on any atom is 0.142 e. The zero-order chi connectivity index (χ0) is 10.9. The van der Waals surface area contributed by atoms with Gasteiger partial charge in [0.15, 0.2) is 0 Å². The van der Waals surface area contributed by atoms with Gasteiger partial charge < -0.3 is 15.9 Å². The molecule has 0 fully saturated rings. The average Bonchev–Trinajstić information content (AvgIpc) is 2.12. The van der Waals surface area contributed by atoms with Gasteiger partial charge in [-0.05, 0) is 69.8 Å². The monoisotopic (exact) mass is 455 g/mol. The largest absolute Gasteiger partial charge is 0.506 e. The quantitative estimate of drug-likeness (QED) is 0.601. The van der Waals surface area contributed by atoms with E-state index in [1.165, 1.54) is 0 Å². The summed E-state index contributed by atoms with van der Waals surface area (Å²) in [6, 6.07) is 3.17. The van der Waals surface area contributed by atoms with Gasteiger partial charge in [-0.3, -0.25) is 0 Å². The fourth-order valence-corrected chi connectivity index (χ4v) is 2.87. The molecule has 6 heteroatoms.